The van der Waals surface area contributed by atoms with Crippen LogP contribution >= 0.6 is 24.0 Å². The van der Waals surface area contributed by atoms with E-state index in [9.17, 15) is 4.39 Å². The number of anilines is 1. The molecule has 0 spiro atoms. The summed E-state index contributed by atoms with van der Waals surface area (Å²) >= 11 is 0. The van der Waals surface area contributed by atoms with Crippen LogP contribution in [0, 0.1) is 5.82 Å². The van der Waals surface area contributed by atoms with Gasteiger partial charge in [-0.05, 0) is 30.5 Å². The number of pyridine rings is 2. The maximum absolute atomic E-state index is 13.9. The van der Waals surface area contributed by atoms with Crippen molar-refractivity contribution in [3.8, 4) is 5.88 Å². The van der Waals surface area contributed by atoms with Crippen LogP contribution in [0.3, 0.4) is 0 Å². The molecule has 2 aromatic heterocycles. The lowest BCUT2D eigenvalue weighted by Gasteiger charge is -2.20. The fraction of sp³-hybridized carbons (Fsp3) is 0.450. The van der Waals surface area contributed by atoms with E-state index in [1.54, 1.807) is 25.5 Å². The Labute approximate surface area is 188 Å². The number of rotatable bonds is 7. The second-order valence-electron chi connectivity index (χ2n) is 6.66. The molecule has 2 N–H and O–H groups in total. The van der Waals surface area contributed by atoms with Gasteiger partial charge in [0.15, 0.2) is 17.6 Å². The van der Waals surface area contributed by atoms with Crippen molar-refractivity contribution >= 4 is 35.8 Å². The Morgan fingerprint density at radius 3 is 2.90 bits per heavy atom. The third kappa shape index (κ3) is 6.69. The van der Waals surface area contributed by atoms with Crippen molar-refractivity contribution < 1.29 is 9.13 Å². The molecule has 1 unspecified atom stereocenters. The molecule has 1 fully saturated rings. The van der Waals surface area contributed by atoms with E-state index in [4.69, 9.17) is 4.74 Å². The number of halogens is 2. The summed E-state index contributed by atoms with van der Waals surface area (Å²) in [6.45, 7) is 4.77. The van der Waals surface area contributed by atoms with Gasteiger partial charge >= 0.3 is 0 Å². The van der Waals surface area contributed by atoms with Crippen molar-refractivity contribution in [2.45, 2.75) is 32.4 Å². The van der Waals surface area contributed by atoms with E-state index < -0.39 is 0 Å². The van der Waals surface area contributed by atoms with E-state index in [1.165, 1.54) is 6.07 Å². The molecule has 0 aromatic carbocycles. The maximum atomic E-state index is 13.9. The average Bonchev–Trinajstić information content (AvgIpc) is 3.19. The molecule has 3 heterocycles. The second kappa shape index (κ2) is 11.7. The molecule has 2 aromatic rings. The fourth-order valence-electron chi connectivity index (χ4n) is 3.06. The number of hydrogen-bond acceptors (Lipinski definition) is 5. The minimum Gasteiger partial charge on any atom is -0.478 e. The number of hydrogen-bond donors (Lipinski definition) is 2. The first-order chi connectivity index (χ1) is 13.7. The van der Waals surface area contributed by atoms with Crippen LogP contribution in [0.25, 0.3) is 0 Å². The van der Waals surface area contributed by atoms with E-state index in [0.717, 1.165) is 24.9 Å². The zero-order valence-corrected chi connectivity index (χ0v) is 19.1. The Balaban J connectivity index is 0.00000300. The smallest absolute Gasteiger partial charge is 0.213 e. The average molecular weight is 514 g/mol. The van der Waals surface area contributed by atoms with Gasteiger partial charge in [-0.1, -0.05) is 13.0 Å². The first-order valence-electron chi connectivity index (χ1n) is 9.60. The zero-order chi connectivity index (χ0) is 19.8. The van der Waals surface area contributed by atoms with Crippen LogP contribution in [0.4, 0.5) is 10.2 Å². The molecular formula is C20H28FIN6O. The summed E-state index contributed by atoms with van der Waals surface area (Å²) in [6.07, 6.45) is 5.26. The van der Waals surface area contributed by atoms with Gasteiger partial charge in [-0.15, -0.1) is 24.0 Å². The van der Waals surface area contributed by atoms with Gasteiger partial charge < -0.3 is 20.3 Å². The summed E-state index contributed by atoms with van der Waals surface area (Å²) in [4.78, 5) is 14.7. The molecule has 0 aliphatic carbocycles. The lowest BCUT2D eigenvalue weighted by molar-refractivity contribution is 0.305. The number of nitrogens with zero attached hydrogens (tertiary/aromatic N) is 4. The maximum Gasteiger partial charge on any atom is 0.213 e. The standard InChI is InChI=1S/C20H27FN6O.HI/c1-3-11-28-18-7-6-15(12-24-18)13-25-20(22-2)26-16-8-10-27(14-16)19-17(21)5-4-9-23-19;/h4-7,9,12,16H,3,8,10-11,13-14H2,1-2H3,(H2,22,25,26);1H. The Morgan fingerprint density at radius 1 is 1.34 bits per heavy atom. The first kappa shape index (κ1) is 23.1. The van der Waals surface area contributed by atoms with Crippen molar-refractivity contribution in [3.63, 3.8) is 0 Å². The van der Waals surface area contributed by atoms with Crippen molar-refractivity contribution in [2.75, 3.05) is 31.6 Å². The lowest BCUT2D eigenvalue weighted by atomic mass is 10.2. The zero-order valence-electron chi connectivity index (χ0n) is 16.8. The number of aromatic nitrogens is 2. The highest BCUT2D eigenvalue weighted by molar-refractivity contribution is 14.0. The molecule has 9 heteroatoms. The molecule has 0 amide bonds. The van der Waals surface area contributed by atoms with Crippen molar-refractivity contribution in [1.82, 2.24) is 20.6 Å². The van der Waals surface area contributed by atoms with Crippen molar-refractivity contribution in [2.24, 2.45) is 4.99 Å². The van der Waals surface area contributed by atoms with Crippen LogP contribution < -0.4 is 20.3 Å². The summed E-state index contributed by atoms with van der Waals surface area (Å²) in [7, 11) is 1.74. The molecule has 0 radical (unpaired) electrons. The van der Waals surface area contributed by atoms with E-state index in [2.05, 4.69) is 32.5 Å². The SMILES string of the molecule is CCCOc1ccc(CNC(=NC)NC2CCN(c3ncccc3F)C2)cn1.I. The summed E-state index contributed by atoms with van der Waals surface area (Å²) in [6, 6.07) is 7.08. The highest BCUT2D eigenvalue weighted by atomic mass is 127. The molecule has 1 aliphatic heterocycles. The van der Waals surface area contributed by atoms with Gasteiger partial charge in [0.1, 0.15) is 0 Å². The Morgan fingerprint density at radius 2 is 2.21 bits per heavy atom. The number of guanidine groups is 1. The quantitative estimate of drug-likeness (QED) is 0.337. The van der Waals surface area contributed by atoms with Gasteiger partial charge in [0, 0.05) is 51.2 Å². The Hall–Kier alpha value is -2.17. The number of nitrogens with one attached hydrogen (secondary N) is 2. The Bertz CT molecular complexity index is 789. The molecule has 0 saturated carbocycles. The summed E-state index contributed by atoms with van der Waals surface area (Å²) in [5.74, 6) is 1.47. The monoisotopic (exact) mass is 514 g/mol. The third-order valence-corrected chi connectivity index (χ3v) is 4.50. The van der Waals surface area contributed by atoms with Gasteiger partial charge in [-0.25, -0.2) is 14.4 Å². The van der Waals surface area contributed by atoms with Crippen molar-refractivity contribution in [1.29, 1.82) is 0 Å². The number of aliphatic imine (C=N–C) groups is 1. The summed E-state index contributed by atoms with van der Waals surface area (Å²) in [5.41, 5.74) is 1.04. The van der Waals surface area contributed by atoms with Crippen LogP contribution in [-0.2, 0) is 6.54 Å². The second-order valence-corrected chi connectivity index (χ2v) is 6.66. The van der Waals surface area contributed by atoms with E-state index >= 15 is 0 Å². The van der Waals surface area contributed by atoms with Gasteiger partial charge in [0.05, 0.1) is 6.61 Å². The first-order valence-corrected chi connectivity index (χ1v) is 9.60. The van der Waals surface area contributed by atoms with Crippen LogP contribution in [0.5, 0.6) is 5.88 Å². The van der Waals surface area contributed by atoms with E-state index in [0.29, 0.717) is 37.4 Å². The minimum atomic E-state index is -0.287. The predicted octanol–water partition coefficient (Wildman–Crippen LogP) is 2.97. The molecular weight excluding hydrogens is 486 g/mol. The largest absolute Gasteiger partial charge is 0.478 e. The molecule has 29 heavy (non-hydrogen) atoms. The van der Waals surface area contributed by atoms with Crippen LogP contribution in [0.15, 0.2) is 41.7 Å². The predicted molar refractivity (Wildman–Crippen MR) is 124 cm³/mol. The third-order valence-electron chi connectivity index (χ3n) is 4.50. The molecule has 1 saturated heterocycles. The molecule has 7 nitrogen and oxygen atoms in total. The molecule has 0 bridgehead atoms. The minimum absolute atomic E-state index is 0. The normalized spacial score (nSPS) is 16.3. The van der Waals surface area contributed by atoms with Gasteiger partial charge in [-0.3, -0.25) is 4.99 Å². The van der Waals surface area contributed by atoms with Crippen LogP contribution in [0.2, 0.25) is 0 Å². The summed E-state index contributed by atoms with van der Waals surface area (Å²) in [5, 5.41) is 6.69. The number of ether oxygens (including phenoxy) is 1. The molecule has 1 aliphatic rings. The van der Waals surface area contributed by atoms with Crippen LogP contribution in [-0.4, -0.2) is 48.7 Å². The summed E-state index contributed by atoms with van der Waals surface area (Å²) < 4.78 is 19.4. The topological polar surface area (TPSA) is 74.7 Å². The molecule has 3 rings (SSSR count). The highest BCUT2D eigenvalue weighted by Gasteiger charge is 2.25. The van der Waals surface area contributed by atoms with Crippen molar-refractivity contribution in [3.05, 3.63) is 48.0 Å². The van der Waals surface area contributed by atoms with Gasteiger partial charge in [0.2, 0.25) is 5.88 Å². The fourth-order valence-corrected chi connectivity index (χ4v) is 3.06. The Kier molecular flexibility index (Phi) is 9.36. The van der Waals surface area contributed by atoms with Crippen LogP contribution in [0.1, 0.15) is 25.3 Å². The highest BCUT2D eigenvalue weighted by Crippen LogP contribution is 2.20. The molecule has 158 valence electrons. The van der Waals surface area contributed by atoms with Gasteiger partial charge in [0.25, 0.3) is 0 Å². The van der Waals surface area contributed by atoms with E-state index in [-0.39, 0.29) is 35.8 Å². The lowest BCUT2D eigenvalue weighted by Crippen LogP contribution is -2.44. The molecule has 1 atom stereocenters. The van der Waals surface area contributed by atoms with Gasteiger partial charge in [-0.2, -0.15) is 0 Å². The van der Waals surface area contributed by atoms with E-state index in [1.807, 2.05) is 17.0 Å².